The van der Waals surface area contributed by atoms with Gasteiger partial charge in [0, 0.05) is 30.1 Å². The fraction of sp³-hybridized carbons (Fsp3) is 0.381. The molecule has 3 aromatic rings. The van der Waals surface area contributed by atoms with Gasteiger partial charge in [0.25, 0.3) is 0 Å². The Kier molecular flexibility index (Phi) is 5.30. The number of aromatic nitrogens is 4. The number of fused-ring (bicyclic) bond motifs is 1. The number of nitrogens with zero attached hydrogens (tertiary/aromatic N) is 4. The molecule has 0 amide bonds. The van der Waals surface area contributed by atoms with E-state index in [0.717, 1.165) is 66.0 Å². The van der Waals surface area contributed by atoms with Crippen molar-refractivity contribution in [2.45, 2.75) is 30.6 Å². The predicted octanol–water partition coefficient (Wildman–Crippen LogP) is 3.42. The molecule has 2 aliphatic heterocycles. The Morgan fingerprint density at radius 1 is 1.23 bits per heavy atom. The van der Waals surface area contributed by atoms with Gasteiger partial charge in [-0.25, -0.2) is 19.3 Å². The van der Waals surface area contributed by atoms with E-state index in [4.69, 9.17) is 14.7 Å². The lowest BCUT2D eigenvalue weighted by molar-refractivity contribution is 0.387. The molecule has 4 heterocycles. The molecule has 0 atom stereocenters. The highest BCUT2D eigenvalue weighted by Gasteiger charge is 2.26. The van der Waals surface area contributed by atoms with Crippen LogP contribution in [0.3, 0.4) is 0 Å². The molecular weight excluding hydrogens is 403 g/mol. The van der Waals surface area contributed by atoms with Gasteiger partial charge in [0.15, 0.2) is 16.7 Å². The van der Waals surface area contributed by atoms with Crippen molar-refractivity contribution in [2.24, 2.45) is 0 Å². The standard InChI is InChI=1S/C21H23FN6OS/c1-29-17-12-13(2-3-15(17)22)18-19(28-10-11-30-21(28)27-18)16-6-9-24-20(26-16)25-14-4-7-23-8-5-14/h2-3,6,9,12,14,23H,4-5,7-8,10-11H2,1H3,(H,24,25,26). The Hall–Kier alpha value is -2.65. The highest BCUT2D eigenvalue weighted by molar-refractivity contribution is 7.99. The van der Waals surface area contributed by atoms with Crippen LogP contribution in [0.25, 0.3) is 22.6 Å². The first-order chi connectivity index (χ1) is 14.7. The topological polar surface area (TPSA) is 76.9 Å². The maximum Gasteiger partial charge on any atom is 0.223 e. The average molecular weight is 427 g/mol. The summed E-state index contributed by atoms with van der Waals surface area (Å²) in [5.41, 5.74) is 3.32. The number of anilines is 1. The number of thioether (sulfide) groups is 1. The van der Waals surface area contributed by atoms with E-state index in [0.29, 0.717) is 12.0 Å². The molecule has 2 N–H and O–H groups in total. The first-order valence-corrected chi connectivity index (χ1v) is 11.1. The van der Waals surface area contributed by atoms with Crippen LogP contribution in [0.2, 0.25) is 0 Å². The van der Waals surface area contributed by atoms with Gasteiger partial charge in [-0.3, -0.25) is 0 Å². The minimum Gasteiger partial charge on any atom is -0.494 e. The van der Waals surface area contributed by atoms with E-state index in [-0.39, 0.29) is 11.6 Å². The first-order valence-electron chi connectivity index (χ1n) is 10.1. The first kappa shape index (κ1) is 19.3. The lowest BCUT2D eigenvalue weighted by atomic mass is 10.1. The molecule has 0 aliphatic carbocycles. The van der Waals surface area contributed by atoms with Crippen molar-refractivity contribution in [1.29, 1.82) is 0 Å². The molecule has 1 fully saturated rings. The molecule has 5 rings (SSSR count). The minimum atomic E-state index is -0.389. The zero-order chi connectivity index (χ0) is 20.5. The van der Waals surface area contributed by atoms with E-state index >= 15 is 0 Å². The van der Waals surface area contributed by atoms with Gasteiger partial charge in [-0.1, -0.05) is 11.8 Å². The van der Waals surface area contributed by atoms with Gasteiger partial charge >= 0.3 is 0 Å². The number of ether oxygens (including phenoxy) is 1. The second-order valence-electron chi connectivity index (χ2n) is 7.38. The van der Waals surface area contributed by atoms with Gasteiger partial charge in [0.1, 0.15) is 0 Å². The highest BCUT2D eigenvalue weighted by Crippen LogP contribution is 2.39. The van der Waals surface area contributed by atoms with Gasteiger partial charge in [0.2, 0.25) is 5.95 Å². The molecule has 9 heteroatoms. The molecular formula is C21H23FN6OS. The normalized spacial score (nSPS) is 16.5. The van der Waals surface area contributed by atoms with E-state index in [1.54, 1.807) is 30.1 Å². The number of hydrogen-bond donors (Lipinski definition) is 2. The Morgan fingerprint density at radius 2 is 2.10 bits per heavy atom. The number of imidazole rings is 1. The van der Waals surface area contributed by atoms with Gasteiger partial charge in [0.05, 0.1) is 24.2 Å². The molecule has 0 saturated carbocycles. The summed E-state index contributed by atoms with van der Waals surface area (Å²) in [6.07, 6.45) is 3.88. The predicted molar refractivity (Wildman–Crippen MR) is 115 cm³/mol. The highest BCUT2D eigenvalue weighted by atomic mass is 32.2. The molecule has 0 bridgehead atoms. The minimum absolute atomic E-state index is 0.204. The Balaban J connectivity index is 1.55. The van der Waals surface area contributed by atoms with Crippen LogP contribution in [0.5, 0.6) is 5.75 Å². The van der Waals surface area contributed by atoms with Gasteiger partial charge in [-0.05, 0) is 50.2 Å². The Bertz CT molecular complexity index is 1070. The molecule has 0 radical (unpaired) electrons. The summed E-state index contributed by atoms with van der Waals surface area (Å²) in [6, 6.07) is 7.12. The van der Waals surface area contributed by atoms with Crippen LogP contribution in [-0.4, -0.2) is 51.5 Å². The number of rotatable bonds is 5. The number of benzene rings is 1. The zero-order valence-corrected chi connectivity index (χ0v) is 17.5. The van der Waals surface area contributed by atoms with Crippen LogP contribution in [0.4, 0.5) is 10.3 Å². The van der Waals surface area contributed by atoms with E-state index in [1.165, 1.54) is 13.2 Å². The molecule has 1 aromatic carbocycles. The van der Waals surface area contributed by atoms with Crippen molar-refractivity contribution in [1.82, 2.24) is 24.8 Å². The SMILES string of the molecule is COc1cc(-c2nc3n(c2-c2ccnc(NC4CCNCC4)n2)CCS3)ccc1F. The molecule has 2 aliphatic rings. The van der Waals surface area contributed by atoms with E-state index in [2.05, 4.69) is 20.2 Å². The van der Waals surface area contributed by atoms with Gasteiger partial charge < -0.3 is 19.9 Å². The van der Waals surface area contributed by atoms with Crippen molar-refractivity contribution in [3.63, 3.8) is 0 Å². The van der Waals surface area contributed by atoms with Crippen molar-refractivity contribution >= 4 is 17.7 Å². The second kappa shape index (κ2) is 8.23. The van der Waals surface area contributed by atoms with Crippen molar-refractivity contribution in [3.05, 3.63) is 36.3 Å². The molecule has 7 nitrogen and oxygen atoms in total. The van der Waals surface area contributed by atoms with Gasteiger partial charge in [-0.2, -0.15) is 0 Å². The summed E-state index contributed by atoms with van der Waals surface area (Å²) in [5.74, 6) is 1.42. The van der Waals surface area contributed by atoms with Crippen LogP contribution in [0.15, 0.2) is 35.6 Å². The number of halogens is 1. The number of nitrogens with one attached hydrogen (secondary N) is 2. The second-order valence-corrected chi connectivity index (χ2v) is 8.44. The molecule has 30 heavy (non-hydrogen) atoms. The quantitative estimate of drug-likeness (QED) is 0.647. The maximum atomic E-state index is 14.0. The largest absolute Gasteiger partial charge is 0.494 e. The number of piperidine rings is 1. The van der Waals surface area contributed by atoms with E-state index < -0.39 is 0 Å². The van der Waals surface area contributed by atoms with E-state index in [9.17, 15) is 4.39 Å². The number of hydrogen-bond acceptors (Lipinski definition) is 7. The Morgan fingerprint density at radius 3 is 2.93 bits per heavy atom. The summed E-state index contributed by atoms with van der Waals surface area (Å²) < 4.78 is 21.3. The number of methoxy groups -OCH3 is 1. The lowest BCUT2D eigenvalue weighted by Crippen LogP contribution is -2.35. The third-order valence-corrected chi connectivity index (χ3v) is 6.43. The van der Waals surface area contributed by atoms with Crippen LogP contribution in [-0.2, 0) is 6.54 Å². The summed E-state index contributed by atoms with van der Waals surface area (Å²) in [6.45, 7) is 2.87. The van der Waals surface area contributed by atoms with Crippen molar-refractivity contribution in [3.8, 4) is 28.4 Å². The van der Waals surface area contributed by atoms with Crippen LogP contribution >= 0.6 is 11.8 Å². The smallest absolute Gasteiger partial charge is 0.223 e. The summed E-state index contributed by atoms with van der Waals surface area (Å²) in [5, 5.41) is 7.79. The van der Waals surface area contributed by atoms with E-state index in [1.807, 2.05) is 6.07 Å². The monoisotopic (exact) mass is 426 g/mol. The molecule has 156 valence electrons. The van der Waals surface area contributed by atoms with Crippen LogP contribution in [0.1, 0.15) is 12.8 Å². The van der Waals surface area contributed by atoms with Gasteiger partial charge in [-0.15, -0.1) is 0 Å². The van der Waals surface area contributed by atoms with Crippen LogP contribution < -0.4 is 15.4 Å². The van der Waals surface area contributed by atoms with Crippen LogP contribution in [0, 0.1) is 5.82 Å². The molecule has 2 aromatic heterocycles. The average Bonchev–Trinajstić information content (AvgIpc) is 3.36. The summed E-state index contributed by atoms with van der Waals surface area (Å²) in [4.78, 5) is 14.1. The lowest BCUT2D eigenvalue weighted by Gasteiger charge is -2.23. The third-order valence-electron chi connectivity index (χ3n) is 5.47. The maximum absolute atomic E-state index is 14.0. The molecule has 0 unspecified atom stereocenters. The zero-order valence-electron chi connectivity index (χ0n) is 16.7. The summed E-state index contributed by atoms with van der Waals surface area (Å²) in [7, 11) is 1.47. The Labute approximate surface area is 178 Å². The third kappa shape index (κ3) is 3.63. The van der Waals surface area contributed by atoms with Crippen molar-refractivity contribution in [2.75, 3.05) is 31.3 Å². The fourth-order valence-electron chi connectivity index (χ4n) is 3.96. The molecule has 0 spiro atoms. The fourth-order valence-corrected chi connectivity index (χ4v) is 4.91. The van der Waals surface area contributed by atoms with Crippen molar-refractivity contribution < 1.29 is 9.13 Å². The summed E-state index contributed by atoms with van der Waals surface area (Å²) >= 11 is 1.72. The molecule has 1 saturated heterocycles.